The van der Waals surface area contributed by atoms with Gasteiger partial charge in [0.2, 0.25) is 0 Å². The van der Waals surface area contributed by atoms with Crippen molar-refractivity contribution < 1.29 is 9.90 Å². The quantitative estimate of drug-likeness (QED) is 0.519. The van der Waals surface area contributed by atoms with Crippen LogP contribution in [0.15, 0.2) is 12.2 Å². The molecular formula is C9H17ClO2. The third kappa shape index (κ3) is 12.2. The molecule has 72 valence electrons. The van der Waals surface area contributed by atoms with Crippen molar-refractivity contribution in [3.05, 3.63) is 12.2 Å². The number of hydrogen-bond acceptors (Lipinski definition) is 1. The van der Waals surface area contributed by atoms with Gasteiger partial charge in [0.05, 0.1) is 6.42 Å². The molecule has 2 nitrogen and oxygen atoms in total. The number of carbonyl (C=O) groups is 1. The highest BCUT2D eigenvalue weighted by Crippen LogP contribution is 1.99. The Bertz CT molecular complexity index is 132. The van der Waals surface area contributed by atoms with Crippen LogP contribution < -0.4 is 0 Å². The van der Waals surface area contributed by atoms with E-state index in [0.29, 0.717) is 0 Å². The number of carboxylic acids is 1. The Balaban J connectivity index is 0. The number of hydrogen-bond donors (Lipinski definition) is 1. The number of carboxylic acid groups (broad SMARTS) is 1. The fraction of sp³-hybridized carbons (Fsp3) is 0.667. The van der Waals surface area contributed by atoms with Crippen LogP contribution in [0.4, 0.5) is 0 Å². The number of allylic oxidation sites excluding steroid dienone is 1. The van der Waals surface area contributed by atoms with Gasteiger partial charge in [-0.25, -0.2) is 0 Å². The predicted molar refractivity (Wildman–Crippen MR) is 52.8 cm³/mol. The van der Waals surface area contributed by atoms with E-state index in [1.165, 1.54) is 19.3 Å². The van der Waals surface area contributed by atoms with Crippen molar-refractivity contribution >= 4 is 18.4 Å². The first-order valence-corrected chi connectivity index (χ1v) is 4.14. The van der Waals surface area contributed by atoms with E-state index in [1.54, 1.807) is 6.08 Å². The molecule has 12 heavy (non-hydrogen) atoms. The Hall–Kier alpha value is -0.500. The van der Waals surface area contributed by atoms with Gasteiger partial charge >= 0.3 is 5.97 Å². The Morgan fingerprint density at radius 1 is 1.33 bits per heavy atom. The summed E-state index contributed by atoms with van der Waals surface area (Å²) in [6.45, 7) is 2.15. The molecule has 0 aliphatic rings. The van der Waals surface area contributed by atoms with Crippen molar-refractivity contribution in [2.75, 3.05) is 0 Å². The summed E-state index contributed by atoms with van der Waals surface area (Å²) in [6, 6.07) is 0. The second-order valence-corrected chi connectivity index (χ2v) is 2.57. The van der Waals surface area contributed by atoms with Gasteiger partial charge in [-0.05, 0) is 12.8 Å². The number of unbranched alkanes of at least 4 members (excludes halogenated alkanes) is 3. The average Bonchev–Trinajstić information content (AvgIpc) is 1.96. The van der Waals surface area contributed by atoms with E-state index in [0.717, 1.165) is 6.42 Å². The summed E-state index contributed by atoms with van der Waals surface area (Å²) in [5.74, 6) is -0.753. The maximum absolute atomic E-state index is 10.0. The summed E-state index contributed by atoms with van der Waals surface area (Å²) in [5, 5.41) is 8.26. The van der Waals surface area contributed by atoms with Crippen LogP contribution in [0.25, 0.3) is 0 Å². The molecule has 0 amide bonds. The fourth-order valence-electron chi connectivity index (χ4n) is 0.814. The highest BCUT2D eigenvalue weighted by atomic mass is 35.5. The topological polar surface area (TPSA) is 37.3 Å². The molecule has 0 bridgehead atoms. The standard InChI is InChI=1S/C9H16O2.ClH/c1-2-3-4-5-6-7-8-9(10)11;/h6-7H,2-5,8H2,1H3,(H,10,11);1H. The highest BCUT2D eigenvalue weighted by molar-refractivity contribution is 5.85. The van der Waals surface area contributed by atoms with Gasteiger partial charge in [-0.1, -0.05) is 31.9 Å². The van der Waals surface area contributed by atoms with Crippen molar-refractivity contribution in [1.82, 2.24) is 0 Å². The second kappa shape index (κ2) is 10.5. The minimum absolute atomic E-state index is 0. The first kappa shape index (κ1) is 14.0. The third-order valence-electron chi connectivity index (χ3n) is 1.43. The van der Waals surface area contributed by atoms with Crippen LogP contribution in [0.2, 0.25) is 0 Å². The summed E-state index contributed by atoms with van der Waals surface area (Å²) in [6.07, 6.45) is 8.46. The summed E-state index contributed by atoms with van der Waals surface area (Å²) in [7, 11) is 0. The van der Waals surface area contributed by atoms with Gasteiger partial charge in [0.25, 0.3) is 0 Å². The minimum Gasteiger partial charge on any atom is -0.481 e. The molecule has 0 aromatic heterocycles. The van der Waals surface area contributed by atoms with Gasteiger partial charge in [-0.3, -0.25) is 4.79 Å². The molecule has 0 fully saturated rings. The molecule has 0 heterocycles. The van der Waals surface area contributed by atoms with Crippen molar-refractivity contribution in [3.8, 4) is 0 Å². The first-order valence-electron chi connectivity index (χ1n) is 4.14. The molecule has 0 aliphatic carbocycles. The second-order valence-electron chi connectivity index (χ2n) is 2.57. The van der Waals surface area contributed by atoms with Gasteiger partial charge in [-0.2, -0.15) is 0 Å². The molecule has 3 heteroatoms. The number of halogens is 1. The molecule has 0 aromatic rings. The zero-order valence-corrected chi connectivity index (χ0v) is 8.27. The molecule has 0 spiro atoms. The SMILES string of the molecule is CCCCCC=CCC(=O)O.Cl. The van der Waals surface area contributed by atoms with Gasteiger partial charge in [0, 0.05) is 0 Å². The average molecular weight is 193 g/mol. The largest absolute Gasteiger partial charge is 0.481 e. The van der Waals surface area contributed by atoms with Crippen LogP contribution in [0.3, 0.4) is 0 Å². The first-order chi connectivity index (χ1) is 5.27. The maximum Gasteiger partial charge on any atom is 0.307 e. The molecule has 0 saturated carbocycles. The van der Waals surface area contributed by atoms with E-state index in [2.05, 4.69) is 6.92 Å². The van der Waals surface area contributed by atoms with Crippen molar-refractivity contribution in [3.63, 3.8) is 0 Å². The molecule has 0 aromatic carbocycles. The third-order valence-corrected chi connectivity index (χ3v) is 1.43. The van der Waals surface area contributed by atoms with E-state index < -0.39 is 5.97 Å². The Labute approximate surface area is 80.1 Å². The monoisotopic (exact) mass is 192 g/mol. The lowest BCUT2D eigenvalue weighted by Gasteiger charge is -1.90. The molecule has 1 N–H and O–H groups in total. The van der Waals surface area contributed by atoms with E-state index in [1.807, 2.05) is 6.08 Å². The van der Waals surface area contributed by atoms with E-state index in [9.17, 15) is 4.79 Å². The van der Waals surface area contributed by atoms with Crippen LogP contribution in [0, 0.1) is 0 Å². The maximum atomic E-state index is 10.0. The zero-order valence-electron chi connectivity index (χ0n) is 7.45. The number of aliphatic carboxylic acids is 1. The van der Waals surface area contributed by atoms with Crippen LogP contribution in [-0.4, -0.2) is 11.1 Å². The lowest BCUT2D eigenvalue weighted by molar-refractivity contribution is -0.136. The van der Waals surface area contributed by atoms with Crippen molar-refractivity contribution in [2.45, 2.75) is 39.0 Å². The van der Waals surface area contributed by atoms with Crippen LogP contribution >= 0.6 is 12.4 Å². The molecular weight excluding hydrogens is 176 g/mol. The highest BCUT2D eigenvalue weighted by Gasteiger charge is 1.88. The van der Waals surface area contributed by atoms with Gasteiger partial charge in [-0.15, -0.1) is 12.4 Å². The van der Waals surface area contributed by atoms with Crippen LogP contribution in [0.5, 0.6) is 0 Å². The molecule has 0 unspecified atom stereocenters. The zero-order chi connectivity index (χ0) is 8.53. The smallest absolute Gasteiger partial charge is 0.307 e. The van der Waals surface area contributed by atoms with Gasteiger partial charge < -0.3 is 5.11 Å². The summed E-state index contributed by atoms with van der Waals surface area (Å²) < 4.78 is 0. The summed E-state index contributed by atoms with van der Waals surface area (Å²) in [4.78, 5) is 10.0. The van der Waals surface area contributed by atoms with Crippen LogP contribution in [0.1, 0.15) is 39.0 Å². The molecule has 0 radical (unpaired) electrons. The Morgan fingerprint density at radius 2 is 2.00 bits per heavy atom. The number of rotatable bonds is 6. The Morgan fingerprint density at radius 3 is 2.50 bits per heavy atom. The lowest BCUT2D eigenvalue weighted by atomic mass is 10.2. The normalized spacial score (nSPS) is 9.75. The van der Waals surface area contributed by atoms with Crippen LogP contribution in [-0.2, 0) is 4.79 Å². The van der Waals surface area contributed by atoms with E-state index >= 15 is 0 Å². The molecule has 0 rings (SSSR count). The summed E-state index contributed by atoms with van der Waals surface area (Å²) in [5.41, 5.74) is 0. The van der Waals surface area contributed by atoms with Gasteiger partial charge in [0.1, 0.15) is 0 Å². The van der Waals surface area contributed by atoms with Crippen molar-refractivity contribution in [1.29, 1.82) is 0 Å². The van der Waals surface area contributed by atoms with Crippen molar-refractivity contribution in [2.24, 2.45) is 0 Å². The predicted octanol–water partition coefficient (Wildman–Crippen LogP) is 3.02. The summed E-state index contributed by atoms with van der Waals surface area (Å²) >= 11 is 0. The molecule has 0 aliphatic heterocycles. The fourth-order valence-corrected chi connectivity index (χ4v) is 0.814. The minimum atomic E-state index is -0.753. The van der Waals surface area contributed by atoms with E-state index in [4.69, 9.17) is 5.11 Å². The van der Waals surface area contributed by atoms with Gasteiger partial charge in [0.15, 0.2) is 0 Å². The molecule has 0 saturated heterocycles. The molecule has 0 atom stereocenters. The lowest BCUT2D eigenvalue weighted by Crippen LogP contribution is -1.89. The van der Waals surface area contributed by atoms with E-state index in [-0.39, 0.29) is 18.8 Å². The Kier molecular flexibility index (Phi) is 12.3.